The van der Waals surface area contributed by atoms with Crippen molar-refractivity contribution in [2.24, 2.45) is 23.0 Å². The van der Waals surface area contributed by atoms with Gasteiger partial charge in [-0.1, -0.05) is 12.2 Å². The van der Waals surface area contributed by atoms with E-state index in [0.717, 1.165) is 19.4 Å². The van der Waals surface area contributed by atoms with Crippen LogP contribution in [0, 0.1) is 17.3 Å². The predicted molar refractivity (Wildman–Crippen MR) is 78.1 cm³/mol. The number of hydrogen-bond donors (Lipinski definition) is 2. The molecule has 1 amide bonds. The molecule has 3 unspecified atom stereocenters. The molecule has 2 heterocycles. The van der Waals surface area contributed by atoms with Crippen LogP contribution in [0.1, 0.15) is 25.7 Å². The molecule has 112 valence electrons. The number of hydrogen-bond acceptors (Lipinski definition) is 4. The summed E-state index contributed by atoms with van der Waals surface area (Å²) in [6, 6.07) is 0. The lowest BCUT2D eigenvalue weighted by molar-refractivity contribution is -0.141. The lowest BCUT2D eigenvalue weighted by atomic mass is 9.78. The molecule has 0 spiro atoms. The predicted octanol–water partition coefficient (Wildman–Crippen LogP) is 0.299. The van der Waals surface area contributed by atoms with Crippen LogP contribution in [0.3, 0.4) is 0 Å². The Morgan fingerprint density at radius 2 is 2.00 bits per heavy atom. The van der Waals surface area contributed by atoms with Gasteiger partial charge in [-0.15, -0.1) is 0 Å². The number of nitrogens with two attached hydrogens (primary N) is 1. The van der Waals surface area contributed by atoms with Crippen molar-refractivity contribution >= 4 is 23.1 Å². The van der Waals surface area contributed by atoms with Crippen LogP contribution in [0.15, 0.2) is 0 Å². The number of carbonyl (C=O) groups is 1. The average molecular weight is 298 g/mol. The van der Waals surface area contributed by atoms with Crippen molar-refractivity contribution in [3.8, 4) is 0 Å². The molecule has 2 aliphatic heterocycles. The molecule has 3 aliphatic rings. The van der Waals surface area contributed by atoms with Crippen molar-refractivity contribution in [1.82, 2.24) is 4.90 Å². The molecule has 3 rings (SSSR count). The smallest absolute Gasteiger partial charge is 0.235 e. The Kier molecular flexibility index (Phi) is 3.73. The number of aliphatic hydroxyl groups excluding tert-OH is 1. The van der Waals surface area contributed by atoms with E-state index in [9.17, 15) is 9.90 Å². The zero-order valence-corrected chi connectivity index (χ0v) is 12.4. The standard InChI is InChI=1S/C14H22N2O3S/c15-12(20)14(3-5-19-6-4-14)13(18)16-7-9-1-2-11(17)10(9)8-16/h9-11,17H,1-8H2,(H2,15,20). The lowest BCUT2D eigenvalue weighted by Crippen LogP contribution is -2.53. The zero-order valence-electron chi connectivity index (χ0n) is 11.6. The topological polar surface area (TPSA) is 75.8 Å². The van der Waals surface area contributed by atoms with E-state index >= 15 is 0 Å². The fourth-order valence-electron chi connectivity index (χ4n) is 3.99. The Morgan fingerprint density at radius 3 is 2.60 bits per heavy atom. The van der Waals surface area contributed by atoms with Gasteiger partial charge in [0, 0.05) is 32.2 Å². The monoisotopic (exact) mass is 298 g/mol. The van der Waals surface area contributed by atoms with E-state index in [4.69, 9.17) is 22.7 Å². The third kappa shape index (κ3) is 2.14. The number of carbonyl (C=O) groups excluding carboxylic acids is 1. The first-order valence-electron chi connectivity index (χ1n) is 7.40. The van der Waals surface area contributed by atoms with E-state index in [1.54, 1.807) is 0 Å². The highest BCUT2D eigenvalue weighted by Crippen LogP contribution is 2.41. The molecule has 3 N–H and O–H groups in total. The quantitative estimate of drug-likeness (QED) is 0.717. The van der Waals surface area contributed by atoms with Crippen LogP contribution >= 0.6 is 12.2 Å². The highest BCUT2D eigenvalue weighted by molar-refractivity contribution is 7.80. The van der Waals surface area contributed by atoms with Gasteiger partial charge in [-0.05, 0) is 31.6 Å². The van der Waals surface area contributed by atoms with E-state index in [2.05, 4.69) is 0 Å². The number of rotatable bonds is 2. The largest absolute Gasteiger partial charge is 0.393 e. The second kappa shape index (κ2) is 5.24. The number of fused-ring (bicyclic) bond motifs is 1. The van der Waals surface area contributed by atoms with E-state index in [0.29, 0.717) is 43.5 Å². The third-order valence-corrected chi connectivity index (χ3v) is 5.72. The summed E-state index contributed by atoms with van der Waals surface area (Å²) >= 11 is 5.19. The van der Waals surface area contributed by atoms with Gasteiger partial charge in [0.05, 0.1) is 11.1 Å². The Morgan fingerprint density at radius 1 is 1.30 bits per heavy atom. The first-order chi connectivity index (χ1) is 9.54. The maximum Gasteiger partial charge on any atom is 0.235 e. The van der Waals surface area contributed by atoms with Gasteiger partial charge >= 0.3 is 0 Å². The molecule has 1 aliphatic carbocycles. The van der Waals surface area contributed by atoms with Crippen molar-refractivity contribution in [3.05, 3.63) is 0 Å². The molecule has 0 aromatic carbocycles. The maximum atomic E-state index is 12.9. The summed E-state index contributed by atoms with van der Waals surface area (Å²) in [4.78, 5) is 15.1. The van der Waals surface area contributed by atoms with Gasteiger partial charge in [-0.3, -0.25) is 4.79 Å². The minimum absolute atomic E-state index is 0.0508. The number of nitrogens with zero attached hydrogens (tertiary/aromatic N) is 1. The number of thiocarbonyl (C=S) groups is 1. The maximum absolute atomic E-state index is 12.9. The van der Waals surface area contributed by atoms with Crippen LogP contribution in [-0.4, -0.2) is 53.3 Å². The van der Waals surface area contributed by atoms with Crippen molar-refractivity contribution < 1.29 is 14.6 Å². The fraction of sp³-hybridized carbons (Fsp3) is 0.857. The summed E-state index contributed by atoms with van der Waals surface area (Å²) in [5, 5.41) is 9.97. The molecular weight excluding hydrogens is 276 g/mol. The lowest BCUT2D eigenvalue weighted by Gasteiger charge is -2.38. The van der Waals surface area contributed by atoms with Crippen LogP contribution in [0.5, 0.6) is 0 Å². The van der Waals surface area contributed by atoms with E-state index in [-0.39, 0.29) is 17.9 Å². The summed E-state index contributed by atoms with van der Waals surface area (Å²) in [5.74, 6) is 0.731. The van der Waals surface area contributed by atoms with Crippen LogP contribution < -0.4 is 5.73 Å². The third-order valence-electron chi connectivity index (χ3n) is 5.33. The van der Waals surface area contributed by atoms with Crippen LogP contribution in [0.25, 0.3) is 0 Å². The van der Waals surface area contributed by atoms with Crippen molar-refractivity contribution in [2.45, 2.75) is 31.8 Å². The fourth-order valence-corrected chi connectivity index (χ4v) is 4.28. The molecule has 3 fully saturated rings. The van der Waals surface area contributed by atoms with Gasteiger partial charge in [-0.2, -0.15) is 0 Å². The molecular formula is C14H22N2O3S. The second-order valence-electron chi connectivity index (χ2n) is 6.34. The first-order valence-corrected chi connectivity index (χ1v) is 7.80. The van der Waals surface area contributed by atoms with E-state index in [1.807, 2.05) is 4.90 Å². The SMILES string of the molecule is NC(=S)C1(C(=O)N2CC3CCC(O)C3C2)CCOCC1. The van der Waals surface area contributed by atoms with Gasteiger partial charge in [0.1, 0.15) is 5.41 Å². The molecule has 20 heavy (non-hydrogen) atoms. The molecule has 0 radical (unpaired) electrons. The number of ether oxygens (including phenoxy) is 1. The Bertz CT molecular complexity index is 423. The summed E-state index contributed by atoms with van der Waals surface area (Å²) in [5.41, 5.74) is 5.17. The minimum Gasteiger partial charge on any atom is -0.393 e. The van der Waals surface area contributed by atoms with Crippen LogP contribution in [0.2, 0.25) is 0 Å². The Hall–Kier alpha value is -0.720. The molecule has 6 heteroatoms. The normalized spacial score (nSPS) is 35.9. The summed E-state index contributed by atoms with van der Waals surface area (Å²) in [6.45, 7) is 2.46. The summed E-state index contributed by atoms with van der Waals surface area (Å²) in [6.07, 6.45) is 2.78. The van der Waals surface area contributed by atoms with Crippen molar-refractivity contribution in [3.63, 3.8) is 0 Å². The first kappa shape index (κ1) is 14.2. The Labute approximate surface area is 124 Å². The molecule has 1 saturated carbocycles. The zero-order chi connectivity index (χ0) is 14.3. The molecule has 3 atom stereocenters. The molecule has 2 saturated heterocycles. The van der Waals surface area contributed by atoms with Crippen molar-refractivity contribution in [2.75, 3.05) is 26.3 Å². The van der Waals surface area contributed by atoms with Crippen LogP contribution in [0.4, 0.5) is 0 Å². The summed E-state index contributed by atoms with van der Waals surface area (Å²) in [7, 11) is 0. The minimum atomic E-state index is -0.725. The van der Waals surface area contributed by atoms with Crippen molar-refractivity contribution in [1.29, 1.82) is 0 Å². The van der Waals surface area contributed by atoms with Gasteiger partial charge < -0.3 is 20.5 Å². The number of likely N-dealkylation sites (tertiary alicyclic amines) is 1. The molecule has 0 bridgehead atoms. The van der Waals surface area contributed by atoms with Crippen LogP contribution in [-0.2, 0) is 9.53 Å². The van der Waals surface area contributed by atoms with Gasteiger partial charge in [-0.25, -0.2) is 0 Å². The summed E-state index contributed by atoms with van der Waals surface area (Å²) < 4.78 is 5.35. The highest BCUT2D eigenvalue weighted by Gasteiger charge is 2.50. The molecule has 5 nitrogen and oxygen atoms in total. The van der Waals surface area contributed by atoms with Gasteiger partial charge in [0.15, 0.2) is 0 Å². The highest BCUT2D eigenvalue weighted by atomic mass is 32.1. The van der Waals surface area contributed by atoms with Gasteiger partial charge in [0.25, 0.3) is 0 Å². The Balaban J connectivity index is 1.76. The number of aliphatic hydroxyl groups is 1. The second-order valence-corrected chi connectivity index (χ2v) is 6.78. The number of amides is 1. The van der Waals surface area contributed by atoms with Gasteiger partial charge in [0.2, 0.25) is 5.91 Å². The molecule has 0 aromatic heterocycles. The van der Waals surface area contributed by atoms with E-state index < -0.39 is 5.41 Å². The molecule has 0 aromatic rings. The average Bonchev–Trinajstić information content (AvgIpc) is 3.01. The van der Waals surface area contributed by atoms with E-state index in [1.165, 1.54) is 0 Å².